The number of rotatable bonds is 5. The molecule has 1 nitrogen and oxygen atoms in total. The Balaban J connectivity index is 2.30. The van der Waals surface area contributed by atoms with E-state index in [4.69, 9.17) is 11.6 Å². The lowest BCUT2D eigenvalue weighted by Crippen LogP contribution is -2.23. The smallest absolute Gasteiger partial charge is 0.0456 e. The molecule has 0 aliphatic rings. The quantitative estimate of drug-likeness (QED) is 0.725. The van der Waals surface area contributed by atoms with Gasteiger partial charge in [0.2, 0.25) is 0 Å². The van der Waals surface area contributed by atoms with Crippen LogP contribution in [0.5, 0.6) is 0 Å². The summed E-state index contributed by atoms with van der Waals surface area (Å²) >= 11 is 9.96. The van der Waals surface area contributed by atoms with Crippen molar-refractivity contribution >= 4 is 27.5 Å². The van der Waals surface area contributed by atoms with E-state index in [0.717, 1.165) is 22.5 Å². The molecule has 0 aliphatic carbocycles. The summed E-state index contributed by atoms with van der Waals surface area (Å²) in [6.45, 7) is 7.29. The van der Waals surface area contributed by atoms with Crippen LogP contribution in [0.25, 0.3) is 0 Å². The van der Waals surface area contributed by atoms with Crippen LogP contribution in [0.1, 0.15) is 35.2 Å². The predicted octanol–water partition coefficient (Wildman–Crippen LogP) is 5.61. The topological polar surface area (TPSA) is 12.0 Å². The first kappa shape index (κ1) is 16.5. The second-order valence-electron chi connectivity index (χ2n) is 5.40. The third-order valence-corrected chi connectivity index (χ3v) is 4.65. The van der Waals surface area contributed by atoms with E-state index in [-0.39, 0.29) is 6.04 Å². The third kappa shape index (κ3) is 4.32. The third-order valence-electron chi connectivity index (χ3n) is 3.79. The van der Waals surface area contributed by atoms with Crippen molar-refractivity contribution in [2.75, 3.05) is 6.54 Å². The highest BCUT2D eigenvalue weighted by Gasteiger charge is 2.15. The minimum absolute atomic E-state index is 0.239. The summed E-state index contributed by atoms with van der Waals surface area (Å²) in [5, 5.41) is 4.40. The van der Waals surface area contributed by atoms with E-state index in [0.29, 0.717) is 0 Å². The van der Waals surface area contributed by atoms with Crippen molar-refractivity contribution in [2.45, 2.75) is 33.2 Å². The Morgan fingerprint density at radius 2 is 1.71 bits per heavy atom. The molecular formula is C18H21BrClN. The minimum Gasteiger partial charge on any atom is -0.310 e. The zero-order valence-corrected chi connectivity index (χ0v) is 15.1. The van der Waals surface area contributed by atoms with Crippen molar-refractivity contribution in [3.8, 4) is 0 Å². The molecule has 0 spiro atoms. The van der Waals surface area contributed by atoms with Gasteiger partial charge in [-0.2, -0.15) is 0 Å². The number of halogens is 2. The number of benzene rings is 2. The molecule has 0 heterocycles. The van der Waals surface area contributed by atoms with Gasteiger partial charge in [0.25, 0.3) is 0 Å². The number of hydrogen-bond donors (Lipinski definition) is 1. The lowest BCUT2D eigenvalue weighted by atomic mass is 9.95. The molecule has 2 aromatic carbocycles. The standard InChI is InChI=1S/C18H21BrClN/c1-4-21-18(11-14-5-7-15(19)8-6-14)16-9-12(2)13(3)10-17(16)20/h5-10,18,21H,4,11H2,1-3H3. The molecule has 3 heteroatoms. The van der Waals surface area contributed by atoms with Gasteiger partial charge in [-0.25, -0.2) is 0 Å². The van der Waals surface area contributed by atoms with Crippen LogP contribution < -0.4 is 5.32 Å². The van der Waals surface area contributed by atoms with Crippen LogP contribution in [0.2, 0.25) is 5.02 Å². The predicted molar refractivity (Wildman–Crippen MR) is 95.2 cm³/mol. The average molecular weight is 367 g/mol. The molecule has 0 bridgehead atoms. The Bertz CT molecular complexity index is 607. The van der Waals surface area contributed by atoms with Gasteiger partial charge < -0.3 is 5.32 Å². The van der Waals surface area contributed by atoms with Gasteiger partial charge in [0.1, 0.15) is 0 Å². The highest BCUT2D eigenvalue weighted by atomic mass is 79.9. The molecule has 21 heavy (non-hydrogen) atoms. The van der Waals surface area contributed by atoms with Crippen molar-refractivity contribution in [1.82, 2.24) is 5.32 Å². The Morgan fingerprint density at radius 3 is 2.33 bits per heavy atom. The first-order valence-electron chi connectivity index (χ1n) is 7.25. The van der Waals surface area contributed by atoms with E-state index in [1.165, 1.54) is 22.3 Å². The monoisotopic (exact) mass is 365 g/mol. The Morgan fingerprint density at radius 1 is 1.10 bits per heavy atom. The van der Waals surface area contributed by atoms with E-state index < -0.39 is 0 Å². The van der Waals surface area contributed by atoms with Crippen molar-refractivity contribution in [3.63, 3.8) is 0 Å². The average Bonchev–Trinajstić information content (AvgIpc) is 2.45. The summed E-state index contributed by atoms with van der Waals surface area (Å²) in [6, 6.07) is 13.0. The molecule has 1 unspecified atom stereocenters. The van der Waals surface area contributed by atoms with E-state index in [1.54, 1.807) is 0 Å². The maximum Gasteiger partial charge on any atom is 0.0456 e. The van der Waals surface area contributed by atoms with Gasteiger partial charge in [0.15, 0.2) is 0 Å². The molecule has 1 N–H and O–H groups in total. The lowest BCUT2D eigenvalue weighted by Gasteiger charge is -2.21. The maximum absolute atomic E-state index is 6.48. The molecule has 2 aromatic rings. The summed E-state index contributed by atoms with van der Waals surface area (Å²) in [5.41, 5.74) is 5.01. The molecule has 0 aliphatic heterocycles. The van der Waals surface area contributed by atoms with Crippen LogP contribution in [0.15, 0.2) is 40.9 Å². The van der Waals surface area contributed by atoms with Gasteiger partial charge in [-0.3, -0.25) is 0 Å². The fraction of sp³-hybridized carbons (Fsp3) is 0.333. The maximum atomic E-state index is 6.48. The Hall–Kier alpha value is -0.830. The van der Waals surface area contributed by atoms with Crippen molar-refractivity contribution < 1.29 is 0 Å². The molecule has 0 amide bonds. The number of hydrogen-bond acceptors (Lipinski definition) is 1. The molecule has 112 valence electrons. The first-order chi connectivity index (χ1) is 10.0. The fourth-order valence-electron chi connectivity index (χ4n) is 2.46. The van der Waals surface area contributed by atoms with Crippen molar-refractivity contribution in [2.24, 2.45) is 0 Å². The number of nitrogens with one attached hydrogen (secondary N) is 1. The van der Waals surface area contributed by atoms with E-state index in [9.17, 15) is 0 Å². The molecule has 1 atom stereocenters. The molecule has 0 fully saturated rings. The summed E-state index contributed by atoms with van der Waals surface area (Å²) in [7, 11) is 0. The summed E-state index contributed by atoms with van der Waals surface area (Å²) < 4.78 is 1.11. The number of aryl methyl sites for hydroxylation is 2. The number of likely N-dealkylation sites (N-methyl/N-ethyl adjacent to an activating group) is 1. The molecule has 2 rings (SSSR count). The van der Waals surface area contributed by atoms with E-state index in [1.807, 2.05) is 0 Å². The van der Waals surface area contributed by atoms with Crippen LogP contribution >= 0.6 is 27.5 Å². The second-order valence-corrected chi connectivity index (χ2v) is 6.72. The second kappa shape index (κ2) is 7.44. The summed E-state index contributed by atoms with van der Waals surface area (Å²) in [6.07, 6.45) is 0.934. The minimum atomic E-state index is 0.239. The highest BCUT2D eigenvalue weighted by molar-refractivity contribution is 9.10. The van der Waals surface area contributed by atoms with Crippen LogP contribution in [-0.4, -0.2) is 6.54 Å². The molecular weight excluding hydrogens is 346 g/mol. The molecule has 0 saturated heterocycles. The van der Waals surface area contributed by atoms with Crippen LogP contribution in [0.3, 0.4) is 0 Å². The van der Waals surface area contributed by atoms with Gasteiger partial charge in [0.05, 0.1) is 0 Å². The van der Waals surface area contributed by atoms with E-state index >= 15 is 0 Å². The summed E-state index contributed by atoms with van der Waals surface area (Å²) in [4.78, 5) is 0. The van der Waals surface area contributed by atoms with Crippen molar-refractivity contribution in [3.05, 3.63) is 68.1 Å². The largest absolute Gasteiger partial charge is 0.310 e. The zero-order valence-electron chi connectivity index (χ0n) is 12.7. The van der Waals surface area contributed by atoms with Crippen molar-refractivity contribution in [1.29, 1.82) is 0 Å². The van der Waals surface area contributed by atoms with Gasteiger partial charge in [-0.1, -0.05) is 52.7 Å². The van der Waals surface area contributed by atoms with Crippen LogP contribution in [0.4, 0.5) is 0 Å². The lowest BCUT2D eigenvalue weighted by molar-refractivity contribution is 0.549. The van der Waals surface area contributed by atoms with E-state index in [2.05, 4.69) is 78.4 Å². The SMILES string of the molecule is CCNC(Cc1ccc(Br)cc1)c1cc(C)c(C)cc1Cl. The fourth-order valence-corrected chi connectivity index (χ4v) is 3.08. The molecule has 0 radical (unpaired) electrons. The van der Waals surface area contributed by atoms with Crippen LogP contribution in [-0.2, 0) is 6.42 Å². The Kier molecular flexibility index (Phi) is 5.86. The zero-order chi connectivity index (χ0) is 15.4. The van der Waals surface area contributed by atoms with Crippen LogP contribution in [0, 0.1) is 13.8 Å². The van der Waals surface area contributed by atoms with Gasteiger partial charge in [0, 0.05) is 15.5 Å². The first-order valence-corrected chi connectivity index (χ1v) is 8.42. The normalized spacial score (nSPS) is 12.4. The molecule has 0 saturated carbocycles. The highest BCUT2D eigenvalue weighted by Crippen LogP contribution is 2.29. The summed E-state index contributed by atoms with van der Waals surface area (Å²) in [5.74, 6) is 0. The Labute approximate surface area is 140 Å². The van der Waals surface area contributed by atoms with Gasteiger partial charge in [-0.05, 0) is 67.3 Å². The molecule has 0 aromatic heterocycles. The van der Waals surface area contributed by atoms with Gasteiger partial charge >= 0.3 is 0 Å². The van der Waals surface area contributed by atoms with Gasteiger partial charge in [-0.15, -0.1) is 0 Å².